The van der Waals surface area contributed by atoms with Gasteiger partial charge in [-0.1, -0.05) is 24.3 Å². The zero-order valence-electron chi connectivity index (χ0n) is 20.2. The first-order chi connectivity index (χ1) is 16.8. The standard InChI is InChI=1S/C28H31N5O2/c1-17(29)32-11-9-24(10-12-32)35-25-7-8-26-23(15-25)16-27(33(26)18(2)34)20-5-3-19-4-6-21(28(30)31)14-22(19)13-20/h3-8,13-15,24,27,29H,9-12,16H2,1-2H3,(H3,30,31). The number of hydrogen-bond donors (Lipinski definition) is 3. The van der Waals surface area contributed by atoms with Gasteiger partial charge in [0.15, 0.2) is 0 Å². The Balaban J connectivity index is 1.39. The predicted molar refractivity (Wildman–Crippen MR) is 140 cm³/mol. The SMILES string of the molecule is CC(=N)N1CCC(Oc2ccc3c(c2)CC(c2ccc4ccc(C(=N)N)cc4c2)N3C(C)=O)CC1. The van der Waals surface area contributed by atoms with Crippen LogP contribution in [0.4, 0.5) is 5.69 Å². The second-order valence-electron chi connectivity index (χ2n) is 9.52. The molecular formula is C28H31N5O2. The highest BCUT2D eigenvalue weighted by Crippen LogP contribution is 2.42. The van der Waals surface area contributed by atoms with Crippen molar-refractivity contribution in [3.8, 4) is 5.75 Å². The number of nitrogens with one attached hydrogen (secondary N) is 2. The molecule has 4 N–H and O–H groups in total. The number of nitrogen functional groups attached to an aromatic ring is 1. The fraction of sp³-hybridized carbons (Fsp3) is 0.321. The van der Waals surface area contributed by atoms with Crippen LogP contribution in [-0.4, -0.2) is 41.7 Å². The topological polar surface area (TPSA) is 106 Å². The van der Waals surface area contributed by atoms with Crippen molar-refractivity contribution in [2.24, 2.45) is 5.73 Å². The van der Waals surface area contributed by atoms with Crippen LogP contribution in [0.15, 0.2) is 54.6 Å². The Morgan fingerprint density at radius 2 is 1.71 bits per heavy atom. The average Bonchev–Trinajstić information content (AvgIpc) is 3.22. The average molecular weight is 470 g/mol. The molecule has 2 heterocycles. The van der Waals surface area contributed by atoms with E-state index in [4.69, 9.17) is 21.3 Å². The van der Waals surface area contributed by atoms with Crippen LogP contribution in [-0.2, 0) is 11.2 Å². The number of benzene rings is 3. The molecular weight excluding hydrogens is 438 g/mol. The van der Waals surface area contributed by atoms with Gasteiger partial charge < -0.3 is 20.3 Å². The monoisotopic (exact) mass is 469 g/mol. The number of hydrogen-bond acceptors (Lipinski definition) is 4. The highest BCUT2D eigenvalue weighted by molar-refractivity contribution is 5.99. The van der Waals surface area contributed by atoms with E-state index < -0.39 is 0 Å². The Labute approximate surface area is 205 Å². The van der Waals surface area contributed by atoms with E-state index in [1.54, 1.807) is 6.92 Å². The molecule has 2 aliphatic heterocycles. The lowest BCUT2D eigenvalue weighted by Gasteiger charge is -2.32. The van der Waals surface area contributed by atoms with Crippen molar-refractivity contribution in [2.75, 3.05) is 18.0 Å². The molecule has 0 bridgehead atoms. The molecule has 1 atom stereocenters. The number of fused-ring (bicyclic) bond motifs is 2. The summed E-state index contributed by atoms with van der Waals surface area (Å²) in [4.78, 5) is 16.7. The summed E-state index contributed by atoms with van der Waals surface area (Å²) in [5.74, 6) is 1.50. The number of nitrogens with two attached hydrogens (primary N) is 1. The number of rotatable bonds is 4. The number of ether oxygens (including phenoxy) is 1. The van der Waals surface area contributed by atoms with Crippen LogP contribution in [0.3, 0.4) is 0 Å². The third-order valence-corrected chi connectivity index (χ3v) is 7.15. The molecule has 0 spiro atoms. The number of carbonyl (C=O) groups excluding carboxylic acids is 1. The summed E-state index contributed by atoms with van der Waals surface area (Å²) in [7, 11) is 0. The van der Waals surface area contributed by atoms with Crippen LogP contribution >= 0.6 is 0 Å². The molecule has 180 valence electrons. The number of amides is 1. The van der Waals surface area contributed by atoms with E-state index in [2.05, 4.69) is 29.2 Å². The van der Waals surface area contributed by atoms with Crippen molar-refractivity contribution in [3.63, 3.8) is 0 Å². The first-order valence-corrected chi connectivity index (χ1v) is 12.1. The third kappa shape index (κ3) is 4.46. The fourth-order valence-electron chi connectivity index (χ4n) is 5.30. The van der Waals surface area contributed by atoms with Gasteiger partial charge in [-0.15, -0.1) is 0 Å². The van der Waals surface area contributed by atoms with Crippen LogP contribution in [0, 0.1) is 10.8 Å². The van der Waals surface area contributed by atoms with Crippen molar-refractivity contribution in [3.05, 3.63) is 71.3 Å². The van der Waals surface area contributed by atoms with E-state index in [0.717, 1.165) is 65.7 Å². The minimum absolute atomic E-state index is 0.00869. The molecule has 1 amide bonds. The second-order valence-corrected chi connectivity index (χ2v) is 9.52. The van der Waals surface area contributed by atoms with Gasteiger partial charge in [-0.3, -0.25) is 15.6 Å². The molecule has 3 aromatic rings. The smallest absolute Gasteiger partial charge is 0.224 e. The quantitative estimate of drug-likeness (QED) is 0.383. The van der Waals surface area contributed by atoms with E-state index >= 15 is 0 Å². The molecule has 5 rings (SSSR count). The van der Waals surface area contributed by atoms with Crippen molar-refractivity contribution in [2.45, 2.75) is 45.3 Å². The lowest BCUT2D eigenvalue weighted by atomic mass is 9.97. The fourth-order valence-corrected chi connectivity index (χ4v) is 5.30. The molecule has 1 saturated heterocycles. The Kier molecular flexibility index (Phi) is 5.93. The maximum atomic E-state index is 12.7. The van der Waals surface area contributed by atoms with E-state index in [-0.39, 0.29) is 23.9 Å². The van der Waals surface area contributed by atoms with Gasteiger partial charge in [0.25, 0.3) is 0 Å². The van der Waals surface area contributed by atoms with Crippen LogP contribution < -0.4 is 15.4 Å². The molecule has 7 heteroatoms. The van der Waals surface area contributed by atoms with Crippen LogP contribution in [0.5, 0.6) is 5.75 Å². The van der Waals surface area contributed by atoms with E-state index in [0.29, 0.717) is 11.4 Å². The minimum Gasteiger partial charge on any atom is -0.490 e. The van der Waals surface area contributed by atoms with Gasteiger partial charge in [-0.2, -0.15) is 0 Å². The summed E-state index contributed by atoms with van der Waals surface area (Å²) in [6, 6.07) is 17.9. The van der Waals surface area contributed by atoms with Crippen molar-refractivity contribution >= 4 is 34.0 Å². The van der Waals surface area contributed by atoms with Gasteiger partial charge in [0.05, 0.1) is 11.9 Å². The Bertz CT molecular complexity index is 1330. The van der Waals surface area contributed by atoms with Gasteiger partial charge in [0.1, 0.15) is 17.7 Å². The molecule has 7 nitrogen and oxygen atoms in total. The zero-order valence-corrected chi connectivity index (χ0v) is 20.2. The van der Waals surface area contributed by atoms with Crippen LogP contribution in [0.2, 0.25) is 0 Å². The largest absolute Gasteiger partial charge is 0.490 e. The minimum atomic E-state index is -0.0954. The second kappa shape index (κ2) is 9.06. The molecule has 0 aliphatic carbocycles. The van der Waals surface area contributed by atoms with Gasteiger partial charge in [-0.05, 0) is 65.6 Å². The predicted octanol–water partition coefficient (Wildman–Crippen LogP) is 4.61. The Morgan fingerprint density at radius 3 is 2.40 bits per heavy atom. The van der Waals surface area contributed by atoms with E-state index in [1.165, 1.54) is 0 Å². The maximum Gasteiger partial charge on any atom is 0.224 e. The summed E-state index contributed by atoms with van der Waals surface area (Å²) in [5.41, 5.74) is 9.48. The molecule has 0 radical (unpaired) electrons. The highest BCUT2D eigenvalue weighted by atomic mass is 16.5. The number of carbonyl (C=O) groups is 1. The first kappa shape index (κ1) is 22.9. The molecule has 3 aromatic carbocycles. The third-order valence-electron chi connectivity index (χ3n) is 7.15. The molecule has 35 heavy (non-hydrogen) atoms. The van der Waals surface area contributed by atoms with Gasteiger partial charge in [0, 0.05) is 44.1 Å². The molecule has 1 unspecified atom stereocenters. The summed E-state index contributed by atoms with van der Waals surface area (Å²) in [6.45, 7) is 5.13. The Morgan fingerprint density at radius 1 is 0.971 bits per heavy atom. The highest BCUT2D eigenvalue weighted by Gasteiger charge is 2.34. The summed E-state index contributed by atoms with van der Waals surface area (Å²) in [5, 5.41) is 17.6. The summed E-state index contributed by atoms with van der Waals surface area (Å²) < 4.78 is 6.31. The summed E-state index contributed by atoms with van der Waals surface area (Å²) >= 11 is 0. The molecule has 0 aromatic heterocycles. The van der Waals surface area contributed by atoms with Gasteiger partial charge >= 0.3 is 0 Å². The lowest BCUT2D eigenvalue weighted by molar-refractivity contribution is -0.116. The number of likely N-dealkylation sites (tertiary alicyclic amines) is 1. The van der Waals surface area contributed by atoms with Crippen LogP contribution in [0.25, 0.3) is 10.8 Å². The Hall–Kier alpha value is -3.87. The number of amidine groups is 2. The molecule has 0 saturated carbocycles. The van der Waals surface area contributed by atoms with Crippen molar-refractivity contribution in [1.82, 2.24) is 4.90 Å². The van der Waals surface area contributed by atoms with E-state index in [1.807, 2.05) is 42.2 Å². The van der Waals surface area contributed by atoms with Crippen LogP contribution in [0.1, 0.15) is 49.4 Å². The van der Waals surface area contributed by atoms with E-state index in [9.17, 15) is 4.79 Å². The normalized spacial score (nSPS) is 17.9. The first-order valence-electron chi connectivity index (χ1n) is 12.1. The van der Waals surface area contributed by atoms with Gasteiger partial charge in [0.2, 0.25) is 5.91 Å². The zero-order chi connectivity index (χ0) is 24.7. The lowest BCUT2D eigenvalue weighted by Crippen LogP contribution is -2.40. The molecule has 1 fully saturated rings. The number of nitrogens with zero attached hydrogens (tertiary/aromatic N) is 2. The van der Waals surface area contributed by atoms with Gasteiger partial charge in [-0.25, -0.2) is 0 Å². The molecule has 2 aliphatic rings. The number of anilines is 1. The maximum absolute atomic E-state index is 12.7. The van der Waals surface area contributed by atoms with Crippen molar-refractivity contribution < 1.29 is 9.53 Å². The summed E-state index contributed by atoms with van der Waals surface area (Å²) in [6.07, 6.45) is 2.65. The number of piperidine rings is 1. The van der Waals surface area contributed by atoms with Crippen molar-refractivity contribution in [1.29, 1.82) is 10.8 Å².